The predicted molar refractivity (Wildman–Crippen MR) is 68.0 cm³/mol. The summed E-state index contributed by atoms with van der Waals surface area (Å²) in [6.45, 7) is 7.17. The van der Waals surface area contributed by atoms with Crippen molar-refractivity contribution in [2.24, 2.45) is 15.9 Å². The zero-order valence-corrected chi connectivity index (χ0v) is 10.5. The zero-order valence-electron chi connectivity index (χ0n) is 10.5. The van der Waals surface area contributed by atoms with Crippen molar-refractivity contribution in [1.82, 2.24) is 0 Å². The number of rotatable bonds is 3. The highest BCUT2D eigenvalue weighted by Gasteiger charge is 2.31. The summed E-state index contributed by atoms with van der Waals surface area (Å²) in [5, 5.41) is 0. The van der Waals surface area contributed by atoms with E-state index in [0.717, 1.165) is 12.1 Å². The third-order valence-corrected chi connectivity index (χ3v) is 2.56. The smallest absolute Gasteiger partial charge is 0.292 e. The maximum absolute atomic E-state index is 12.6. The molecule has 0 spiro atoms. The minimum atomic E-state index is -4.38. The van der Waals surface area contributed by atoms with E-state index in [9.17, 15) is 13.2 Å². The summed E-state index contributed by atoms with van der Waals surface area (Å²) >= 11 is 0. The number of aliphatic imine (C=N–C) groups is 2. The van der Waals surface area contributed by atoms with E-state index in [0.29, 0.717) is 11.3 Å². The van der Waals surface area contributed by atoms with E-state index in [1.807, 2.05) is 13.8 Å². The van der Waals surface area contributed by atoms with Gasteiger partial charge in [0.05, 0.1) is 11.3 Å². The number of nitrogens with zero attached hydrogens (tertiary/aromatic N) is 2. The first-order chi connectivity index (χ1) is 8.31. The molecule has 0 fully saturated rings. The molecule has 0 saturated carbocycles. The highest BCUT2D eigenvalue weighted by molar-refractivity contribution is 6.05. The van der Waals surface area contributed by atoms with Gasteiger partial charge in [0.25, 0.3) is 0 Å². The number of alkyl halides is 3. The summed E-state index contributed by atoms with van der Waals surface area (Å²) in [6.07, 6.45) is -4.38. The van der Waals surface area contributed by atoms with Gasteiger partial charge in [-0.25, -0.2) is 0 Å². The van der Waals surface area contributed by atoms with Crippen molar-refractivity contribution in [2.45, 2.75) is 20.0 Å². The van der Waals surface area contributed by atoms with E-state index in [2.05, 4.69) is 16.7 Å². The van der Waals surface area contributed by atoms with E-state index in [4.69, 9.17) is 0 Å². The Hall–Kier alpha value is -1.65. The lowest BCUT2D eigenvalue weighted by Crippen LogP contribution is -2.11. The van der Waals surface area contributed by atoms with E-state index in [-0.39, 0.29) is 11.6 Å². The van der Waals surface area contributed by atoms with Crippen LogP contribution in [0.25, 0.3) is 0 Å². The van der Waals surface area contributed by atoms with Crippen LogP contribution in [-0.4, -0.2) is 19.5 Å². The lowest BCUT2D eigenvalue weighted by molar-refractivity contribution is -0.137. The normalized spacial score (nSPS) is 12.9. The van der Waals surface area contributed by atoms with Crippen LogP contribution in [0.1, 0.15) is 25.0 Å². The van der Waals surface area contributed by atoms with Gasteiger partial charge in [0.1, 0.15) is 0 Å². The summed E-state index contributed by atoms with van der Waals surface area (Å²) in [7, 11) is 1.61. The largest absolute Gasteiger partial charge is 0.416 e. The fourth-order valence-corrected chi connectivity index (χ4v) is 1.75. The van der Waals surface area contributed by atoms with Gasteiger partial charge in [-0.3, -0.25) is 9.98 Å². The van der Waals surface area contributed by atoms with Crippen molar-refractivity contribution in [3.05, 3.63) is 29.3 Å². The van der Waals surface area contributed by atoms with Crippen LogP contribution in [-0.2, 0) is 6.18 Å². The molecule has 0 saturated heterocycles. The minimum Gasteiger partial charge on any atom is -0.292 e. The van der Waals surface area contributed by atoms with E-state index < -0.39 is 11.7 Å². The molecular weight excluding hydrogens is 241 g/mol. The minimum absolute atomic E-state index is 0.104. The van der Waals surface area contributed by atoms with Crippen LogP contribution in [0.2, 0.25) is 0 Å². The maximum Gasteiger partial charge on any atom is 0.416 e. The Morgan fingerprint density at radius 3 is 2.28 bits per heavy atom. The molecule has 1 aromatic carbocycles. The summed E-state index contributed by atoms with van der Waals surface area (Å²) < 4.78 is 37.8. The number of benzene rings is 1. The van der Waals surface area contributed by atoms with Crippen LogP contribution in [0, 0.1) is 5.92 Å². The monoisotopic (exact) mass is 256 g/mol. The average Bonchev–Trinajstić information content (AvgIpc) is 2.28. The number of halogens is 3. The molecule has 0 bridgehead atoms. The zero-order chi connectivity index (χ0) is 13.9. The quantitative estimate of drug-likeness (QED) is 0.727. The van der Waals surface area contributed by atoms with Crippen molar-refractivity contribution in [3.63, 3.8) is 0 Å². The van der Waals surface area contributed by atoms with E-state index >= 15 is 0 Å². The molecule has 0 heterocycles. The maximum atomic E-state index is 12.6. The average molecular weight is 256 g/mol. The van der Waals surface area contributed by atoms with Crippen LogP contribution in [0.3, 0.4) is 0 Å². The van der Waals surface area contributed by atoms with Crippen LogP contribution in [0.4, 0.5) is 18.9 Å². The Balaban J connectivity index is 3.37. The molecule has 98 valence electrons. The molecule has 1 aromatic rings. The third kappa shape index (κ3) is 2.97. The molecule has 0 N–H and O–H groups in total. The Morgan fingerprint density at radius 1 is 1.28 bits per heavy atom. The highest BCUT2D eigenvalue weighted by atomic mass is 19.4. The lowest BCUT2D eigenvalue weighted by atomic mass is 9.97. The van der Waals surface area contributed by atoms with Crippen molar-refractivity contribution < 1.29 is 13.2 Å². The van der Waals surface area contributed by atoms with Gasteiger partial charge in [-0.1, -0.05) is 19.9 Å². The molecule has 0 aromatic heterocycles. The van der Waals surface area contributed by atoms with Crippen LogP contribution < -0.4 is 0 Å². The van der Waals surface area contributed by atoms with Crippen molar-refractivity contribution in [3.8, 4) is 0 Å². The molecule has 0 aliphatic heterocycles. The molecule has 0 aliphatic rings. The second-order valence-electron chi connectivity index (χ2n) is 4.15. The van der Waals surface area contributed by atoms with Gasteiger partial charge in [0, 0.05) is 18.3 Å². The molecule has 0 amide bonds. The van der Waals surface area contributed by atoms with Crippen LogP contribution in [0.5, 0.6) is 0 Å². The molecule has 0 radical (unpaired) electrons. The SMILES string of the molecule is C=Nc1cc(C(F)(F)F)ccc1/C(=N\C)C(C)C. The Labute approximate surface area is 104 Å². The molecule has 0 atom stereocenters. The molecule has 0 aliphatic carbocycles. The predicted octanol–water partition coefficient (Wildman–Crippen LogP) is 4.11. The van der Waals surface area contributed by atoms with Gasteiger partial charge >= 0.3 is 6.18 Å². The summed E-state index contributed by atoms with van der Waals surface area (Å²) in [4.78, 5) is 7.77. The van der Waals surface area contributed by atoms with Crippen molar-refractivity contribution >= 4 is 18.1 Å². The first-order valence-corrected chi connectivity index (χ1v) is 5.46. The highest BCUT2D eigenvalue weighted by Crippen LogP contribution is 2.33. The Bertz CT molecular complexity index is 474. The van der Waals surface area contributed by atoms with E-state index in [1.165, 1.54) is 6.07 Å². The second-order valence-corrected chi connectivity index (χ2v) is 4.15. The van der Waals surface area contributed by atoms with Gasteiger partial charge in [0.2, 0.25) is 0 Å². The molecule has 1 rings (SSSR count). The second kappa shape index (κ2) is 5.33. The summed E-state index contributed by atoms with van der Waals surface area (Å²) in [5.41, 5.74) is 0.786. The van der Waals surface area contributed by atoms with Gasteiger partial charge in [-0.15, -0.1) is 0 Å². The summed E-state index contributed by atoms with van der Waals surface area (Å²) in [5.74, 6) is 0.104. The molecule has 2 nitrogen and oxygen atoms in total. The van der Waals surface area contributed by atoms with Gasteiger partial charge < -0.3 is 0 Å². The number of hydrogen-bond donors (Lipinski definition) is 0. The van der Waals surface area contributed by atoms with Crippen molar-refractivity contribution in [1.29, 1.82) is 0 Å². The molecule has 5 heteroatoms. The van der Waals surface area contributed by atoms with E-state index in [1.54, 1.807) is 7.05 Å². The van der Waals surface area contributed by atoms with Crippen LogP contribution in [0.15, 0.2) is 28.2 Å². The standard InChI is InChI=1S/C13H15F3N2/c1-8(2)12(18-4)10-6-5-9(13(14,15)16)7-11(10)17-3/h5-8H,3H2,1-2,4H3/b18-12-. The molecule has 0 unspecified atom stereocenters. The topological polar surface area (TPSA) is 24.7 Å². The van der Waals surface area contributed by atoms with Crippen molar-refractivity contribution in [2.75, 3.05) is 7.05 Å². The van der Waals surface area contributed by atoms with Gasteiger partial charge in [-0.2, -0.15) is 13.2 Å². The number of hydrogen-bond acceptors (Lipinski definition) is 2. The fraction of sp³-hybridized carbons (Fsp3) is 0.385. The Morgan fingerprint density at radius 2 is 1.89 bits per heavy atom. The molecule has 18 heavy (non-hydrogen) atoms. The summed E-state index contributed by atoms with van der Waals surface area (Å²) in [6, 6.07) is 3.43. The fourth-order valence-electron chi connectivity index (χ4n) is 1.75. The molecular formula is C13H15F3N2. The Kier molecular flexibility index (Phi) is 4.27. The third-order valence-electron chi connectivity index (χ3n) is 2.56. The lowest BCUT2D eigenvalue weighted by Gasteiger charge is -2.14. The first kappa shape index (κ1) is 14.4. The van der Waals surface area contributed by atoms with Crippen LogP contribution >= 0.6 is 0 Å². The van der Waals surface area contributed by atoms with Gasteiger partial charge in [0.15, 0.2) is 0 Å². The van der Waals surface area contributed by atoms with Gasteiger partial charge in [-0.05, 0) is 24.8 Å². The first-order valence-electron chi connectivity index (χ1n) is 5.46.